The maximum Gasteiger partial charge on any atom is 0.207 e. The molecule has 1 saturated heterocycles. The van der Waals surface area contributed by atoms with E-state index in [9.17, 15) is 0 Å². The molecular formula is C19H24N6O2. The van der Waals surface area contributed by atoms with Crippen LogP contribution < -0.4 is 10.2 Å². The van der Waals surface area contributed by atoms with Crippen molar-refractivity contribution < 1.29 is 9.47 Å². The molecule has 1 aliphatic heterocycles. The molecule has 0 saturated carbocycles. The SMILES string of the molecule is COCCc1nc(N2CCOCC2)c2nc(Nc3ccc(C)cc3)[nH]c2n1. The number of morpholine rings is 1. The number of hydrogen-bond acceptors (Lipinski definition) is 7. The van der Waals surface area contributed by atoms with E-state index < -0.39 is 0 Å². The molecule has 8 nitrogen and oxygen atoms in total. The second-order valence-electron chi connectivity index (χ2n) is 6.58. The molecule has 1 fully saturated rings. The number of aromatic nitrogens is 4. The number of aromatic amines is 1. The van der Waals surface area contributed by atoms with Crippen molar-refractivity contribution in [2.75, 3.05) is 50.2 Å². The Bertz CT molecular complexity index is 902. The fourth-order valence-electron chi connectivity index (χ4n) is 3.06. The molecule has 1 aliphatic rings. The minimum atomic E-state index is 0.580. The van der Waals surface area contributed by atoms with Crippen LogP contribution in [0.1, 0.15) is 11.4 Å². The van der Waals surface area contributed by atoms with Crippen molar-refractivity contribution in [2.24, 2.45) is 0 Å². The summed E-state index contributed by atoms with van der Waals surface area (Å²) in [6, 6.07) is 8.18. The fraction of sp³-hybridized carbons (Fsp3) is 0.421. The zero-order valence-electron chi connectivity index (χ0n) is 15.7. The Morgan fingerprint density at radius 1 is 1.15 bits per heavy atom. The Labute approximate surface area is 157 Å². The summed E-state index contributed by atoms with van der Waals surface area (Å²) in [6.45, 7) is 5.62. The van der Waals surface area contributed by atoms with Crippen LogP contribution >= 0.6 is 0 Å². The lowest BCUT2D eigenvalue weighted by Crippen LogP contribution is -2.37. The molecule has 3 heterocycles. The van der Waals surface area contributed by atoms with Gasteiger partial charge in [-0.25, -0.2) is 15.0 Å². The van der Waals surface area contributed by atoms with Crippen molar-refractivity contribution in [3.8, 4) is 0 Å². The lowest BCUT2D eigenvalue weighted by atomic mass is 10.2. The minimum absolute atomic E-state index is 0.580. The maximum absolute atomic E-state index is 5.48. The lowest BCUT2D eigenvalue weighted by molar-refractivity contribution is 0.122. The minimum Gasteiger partial charge on any atom is -0.384 e. The quantitative estimate of drug-likeness (QED) is 0.691. The van der Waals surface area contributed by atoms with Crippen molar-refractivity contribution in [3.63, 3.8) is 0 Å². The van der Waals surface area contributed by atoms with Crippen LogP contribution in [0.2, 0.25) is 0 Å². The third kappa shape index (κ3) is 4.01. The van der Waals surface area contributed by atoms with Crippen molar-refractivity contribution >= 4 is 28.6 Å². The summed E-state index contributed by atoms with van der Waals surface area (Å²) >= 11 is 0. The number of ether oxygens (including phenoxy) is 2. The molecule has 4 rings (SSSR count). The highest BCUT2D eigenvalue weighted by atomic mass is 16.5. The molecule has 0 aliphatic carbocycles. The van der Waals surface area contributed by atoms with E-state index in [1.54, 1.807) is 7.11 Å². The Morgan fingerprint density at radius 3 is 2.67 bits per heavy atom. The van der Waals surface area contributed by atoms with E-state index in [0.717, 1.165) is 41.6 Å². The third-order valence-electron chi connectivity index (χ3n) is 4.53. The Hall–Kier alpha value is -2.71. The summed E-state index contributed by atoms with van der Waals surface area (Å²) < 4.78 is 10.7. The zero-order valence-corrected chi connectivity index (χ0v) is 15.7. The number of aryl methyl sites for hydroxylation is 1. The summed E-state index contributed by atoms with van der Waals surface area (Å²) in [5.41, 5.74) is 3.69. The second-order valence-corrected chi connectivity index (χ2v) is 6.58. The zero-order chi connectivity index (χ0) is 18.6. The number of nitrogens with one attached hydrogen (secondary N) is 2. The van der Waals surface area contributed by atoms with Gasteiger partial charge in [0.2, 0.25) is 5.95 Å². The van der Waals surface area contributed by atoms with Gasteiger partial charge < -0.3 is 24.7 Å². The number of nitrogens with zero attached hydrogens (tertiary/aromatic N) is 4. The van der Waals surface area contributed by atoms with Crippen molar-refractivity contribution in [3.05, 3.63) is 35.7 Å². The summed E-state index contributed by atoms with van der Waals surface area (Å²) in [4.78, 5) is 19.6. The topological polar surface area (TPSA) is 88.2 Å². The standard InChI is InChI=1S/C19H24N6O2/c1-13-3-5-14(6-4-13)20-19-23-16-17(24-19)21-15(7-10-26-2)22-18(16)25-8-11-27-12-9-25/h3-6H,7-12H2,1-2H3,(H2,20,21,22,23,24). The van der Waals surface area contributed by atoms with E-state index >= 15 is 0 Å². The molecule has 3 aromatic rings. The largest absolute Gasteiger partial charge is 0.384 e. The summed E-state index contributed by atoms with van der Waals surface area (Å²) in [6.07, 6.45) is 0.656. The van der Waals surface area contributed by atoms with Crippen LogP contribution in [0.3, 0.4) is 0 Å². The number of rotatable bonds is 6. The predicted molar refractivity (Wildman–Crippen MR) is 105 cm³/mol. The molecule has 0 unspecified atom stereocenters. The lowest BCUT2D eigenvalue weighted by Gasteiger charge is -2.28. The molecule has 1 aromatic carbocycles. The molecule has 0 radical (unpaired) electrons. The van der Waals surface area contributed by atoms with E-state index in [4.69, 9.17) is 19.4 Å². The van der Waals surface area contributed by atoms with Gasteiger partial charge in [-0.1, -0.05) is 17.7 Å². The van der Waals surface area contributed by atoms with Gasteiger partial charge in [-0.15, -0.1) is 0 Å². The van der Waals surface area contributed by atoms with Gasteiger partial charge >= 0.3 is 0 Å². The van der Waals surface area contributed by atoms with E-state index in [1.807, 2.05) is 12.1 Å². The van der Waals surface area contributed by atoms with E-state index in [0.29, 0.717) is 32.2 Å². The first-order valence-corrected chi connectivity index (χ1v) is 9.15. The van der Waals surface area contributed by atoms with Gasteiger partial charge in [0.25, 0.3) is 0 Å². The van der Waals surface area contributed by atoms with Crippen molar-refractivity contribution in [2.45, 2.75) is 13.3 Å². The molecule has 0 bridgehead atoms. The smallest absolute Gasteiger partial charge is 0.207 e. The van der Waals surface area contributed by atoms with Crippen LogP contribution in [0, 0.1) is 6.92 Å². The molecular weight excluding hydrogens is 344 g/mol. The highest BCUT2D eigenvalue weighted by Gasteiger charge is 2.20. The molecule has 27 heavy (non-hydrogen) atoms. The van der Waals surface area contributed by atoms with E-state index in [2.05, 4.69) is 39.2 Å². The average Bonchev–Trinajstić information content (AvgIpc) is 3.10. The maximum atomic E-state index is 5.48. The molecule has 0 amide bonds. The first kappa shape index (κ1) is 17.7. The molecule has 142 valence electrons. The Balaban J connectivity index is 1.69. The number of hydrogen-bond donors (Lipinski definition) is 2. The van der Waals surface area contributed by atoms with Crippen LogP contribution in [0.25, 0.3) is 11.2 Å². The van der Waals surface area contributed by atoms with Gasteiger partial charge in [0.15, 0.2) is 17.0 Å². The van der Waals surface area contributed by atoms with Gasteiger partial charge in [-0.2, -0.15) is 0 Å². The number of imidazole rings is 1. The number of methoxy groups -OCH3 is 1. The predicted octanol–water partition coefficient (Wildman–Crippen LogP) is 2.43. The van der Waals surface area contributed by atoms with Crippen LogP contribution in [0.5, 0.6) is 0 Å². The van der Waals surface area contributed by atoms with Gasteiger partial charge in [0.1, 0.15) is 5.82 Å². The Morgan fingerprint density at radius 2 is 1.93 bits per heavy atom. The normalized spacial score (nSPS) is 14.7. The van der Waals surface area contributed by atoms with Crippen LogP contribution in [-0.2, 0) is 15.9 Å². The molecule has 0 spiro atoms. The van der Waals surface area contributed by atoms with Crippen LogP contribution in [0.15, 0.2) is 24.3 Å². The summed E-state index contributed by atoms with van der Waals surface area (Å²) in [7, 11) is 1.68. The number of anilines is 3. The van der Waals surface area contributed by atoms with Gasteiger partial charge in [0, 0.05) is 32.3 Å². The van der Waals surface area contributed by atoms with Crippen LogP contribution in [-0.4, -0.2) is 60.0 Å². The first-order valence-electron chi connectivity index (χ1n) is 9.15. The molecule has 8 heteroatoms. The van der Waals surface area contributed by atoms with Crippen molar-refractivity contribution in [1.29, 1.82) is 0 Å². The number of benzene rings is 1. The van der Waals surface area contributed by atoms with E-state index in [1.165, 1.54) is 5.56 Å². The second kappa shape index (κ2) is 7.89. The third-order valence-corrected chi connectivity index (χ3v) is 4.53. The summed E-state index contributed by atoms with van der Waals surface area (Å²) in [5, 5.41) is 3.31. The summed E-state index contributed by atoms with van der Waals surface area (Å²) in [5.74, 6) is 2.25. The highest BCUT2D eigenvalue weighted by molar-refractivity contribution is 5.85. The highest BCUT2D eigenvalue weighted by Crippen LogP contribution is 2.26. The monoisotopic (exact) mass is 368 g/mol. The molecule has 2 aromatic heterocycles. The molecule has 2 N–H and O–H groups in total. The van der Waals surface area contributed by atoms with Crippen LogP contribution in [0.4, 0.5) is 17.5 Å². The van der Waals surface area contributed by atoms with Gasteiger partial charge in [-0.05, 0) is 19.1 Å². The first-order chi connectivity index (χ1) is 13.2. The fourth-order valence-corrected chi connectivity index (χ4v) is 3.06. The molecule has 0 atom stereocenters. The van der Waals surface area contributed by atoms with Crippen molar-refractivity contribution in [1.82, 2.24) is 19.9 Å². The van der Waals surface area contributed by atoms with Gasteiger partial charge in [-0.3, -0.25) is 0 Å². The van der Waals surface area contributed by atoms with Gasteiger partial charge in [0.05, 0.1) is 19.8 Å². The van der Waals surface area contributed by atoms with E-state index in [-0.39, 0.29) is 0 Å². The Kier molecular flexibility index (Phi) is 5.17. The number of fused-ring (bicyclic) bond motifs is 1. The average molecular weight is 368 g/mol. The number of H-pyrrole nitrogens is 1.